The second-order valence-corrected chi connectivity index (χ2v) is 5.10. The summed E-state index contributed by atoms with van der Waals surface area (Å²) in [6.45, 7) is 2.71. The largest absolute Gasteiger partial charge is 0.494 e. The van der Waals surface area contributed by atoms with Gasteiger partial charge in [-0.15, -0.1) is 0 Å². The van der Waals surface area contributed by atoms with Gasteiger partial charge in [0.05, 0.1) is 12.8 Å². The van der Waals surface area contributed by atoms with Crippen LogP contribution in [-0.4, -0.2) is 31.4 Å². The lowest BCUT2D eigenvalue weighted by molar-refractivity contribution is -0.130. The van der Waals surface area contributed by atoms with Gasteiger partial charge in [-0.05, 0) is 48.9 Å². The molecule has 1 amide bonds. The van der Waals surface area contributed by atoms with Crippen molar-refractivity contribution in [3.63, 3.8) is 0 Å². The highest BCUT2D eigenvalue weighted by atomic mass is 16.6. The number of carbonyl (C=O) groups excluding carboxylic acids is 1. The summed E-state index contributed by atoms with van der Waals surface area (Å²) in [6.07, 6.45) is 0.836. The monoisotopic (exact) mass is 326 g/mol. The standard InChI is InChI=1S/C18H18N2O4/c1-2-22-14-9-7-13(8-10-14)11-19-20-18(21)17-12-23-15-5-3-4-6-16(15)24-17/h3-11,17H,2,12H2,1H3,(H,20,21)/t17-/m0/s1. The molecule has 1 aliphatic rings. The number of amides is 1. The van der Waals surface area contributed by atoms with Gasteiger partial charge in [-0.2, -0.15) is 5.10 Å². The summed E-state index contributed by atoms with van der Waals surface area (Å²) in [5, 5.41) is 3.95. The summed E-state index contributed by atoms with van der Waals surface area (Å²) in [5.74, 6) is 1.63. The Kier molecular flexibility index (Phi) is 4.96. The Hall–Kier alpha value is -3.02. The molecule has 0 aliphatic carbocycles. The van der Waals surface area contributed by atoms with Crippen LogP contribution in [0.2, 0.25) is 0 Å². The van der Waals surface area contributed by atoms with Gasteiger partial charge in [0.25, 0.3) is 5.91 Å². The number of nitrogens with zero attached hydrogens (tertiary/aromatic N) is 1. The molecular weight excluding hydrogens is 308 g/mol. The highest BCUT2D eigenvalue weighted by Crippen LogP contribution is 2.30. The minimum atomic E-state index is -0.725. The summed E-state index contributed by atoms with van der Waals surface area (Å²) in [4.78, 5) is 12.1. The quantitative estimate of drug-likeness (QED) is 0.676. The minimum absolute atomic E-state index is 0.154. The molecule has 0 fully saturated rings. The van der Waals surface area contributed by atoms with Crippen LogP contribution in [0.25, 0.3) is 0 Å². The molecule has 2 aromatic carbocycles. The fraction of sp³-hybridized carbons (Fsp3) is 0.222. The van der Waals surface area contributed by atoms with E-state index in [1.54, 1.807) is 18.3 Å². The molecule has 0 spiro atoms. The van der Waals surface area contributed by atoms with Crippen molar-refractivity contribution >= 4 is 12.1 Å². The van der Waals surface area contributed by atoms with Crippen LogP contribution in [0.5, 0.6) is 17.2 Å². The molecule has 3 rings (SSSR count). The first-order valence-corrected chi connectivity index (χ1v) is 7.70. The number of ether oxygens (including phenoxy) is 3. The Labute approximate surface area is 140 Å². The van der Waals surface area contributed by atoms with E-state index in [1.165, 1.54) is 0 Å². The van der Waals surface area contributed by atoms with Crippen molar-refractivity contribution < 1.29 is 19.0 Å². The number of hydrazone groups is 1. The van der Waals surface area contributed by atoms with Crippen LogP contribution in [-0.2, 0) is 4.79 Å². The Bertz CT molecular complexity index is 728. The highest BCUT2D eigenvalue weighted by molar-refractivity contribution is 5.85. The molecule has 0 saturated carbocycles. The highest BCUT2D eigenvalue weighted by Gasteiger charge is 2.26. The third-order valence-corrected chi connectivity index (χ3v) is 3.38. The smallest absolute Gasteiger partial charge is 0.284 e. The van der Waals surface area contributed by atoms with Crippen LogP contribution < -0.4 is 19.6 Å². The average molecular weight is 326 g/mol. The molecule has 2 aromatic rings. The van der Waals surface area contributed by atoms with Gasteiger partial charge in [-0.3, -0.25) is 4.79 Å². The number of hydrogen-bond donors (Lipinski definition) is 1. The Morgan fingerprint density at radius 1 is 1.25 bits per heavy atom. The zero-order chi connectivity index (χ0) is 16.8. The number of hydrogen-bond acceptors (Lipinski definition) is 5. The van der Waals surface area contributed by atoms with Crippen LogP contribution in [0.4, 0.5) is 0 Å². The van der Waals surface area contributed by atoms with E-state index in [2.05, 4.69) is 10.5 Å². The van der Waals surface area contributed by atoms with Gasteiger partial charge in [0.1, 0.15) is 12.4 Å². The molecule has 1 atom stereocenters. The lowest BCUT2D eigenvalue weighted by atomic mass is 10.2. The second-order valence-electron chi connectivity index (χ2n) is 5.10. The molecule has 24 heavy (non-hydrogen) atoms. The van der Waals surface area contributed by atoms with E-state index in [0.29, 0.717) is 18.1 Å². The van der Waals surface area contributed by atoms with E-state index in [-0.39, 0.29) is 12.5 Å². The number of carbonyl (C=O) groups is 1. The zero-order valence-electron chi connectivity index (χ0n) is 13.3. The Morgan fingerprint density at radius 3 is 2.75 bits per heavy atom. The van der Waals surface area contributed by atoms with E-state index in [0.717, 1.165) is 11.3 Å². The molecule has 0 unspecified atom stereocenters. The number of benzene rings is 2. The molecule has 1 N–H and O–H groups in total. The number of rotatable bonds is 5. The predicted octanol–water partition coefficient (Wildman–Crippen LogP) is 2.38. The maximum atomic E-state index is 12.1. The summed E-state index contributed by atoms with van der Waals surface area (Å²) in [6, 6.07) is 14.7. The predicted molar refractivity (Wildman–Crippen MR) is 89.7 cm³/mol. The first-order chi connectivity index (χ1) is 11.8. The van der Waals surface area contributed by atoms with E-state index in [1.807, 2.05) is 43.3 Å². The normalized spacial score (nSPS) is 16.0. The Balaban J connectivity index is 1.54. The van der Waals surface area contributed by atoms with Gasteiger partial charge in [0.15, 0.2) is 11.5 Å². The van der Waals surface area contributed by atoms with Crippen molar-refractivity contribution in [2.45, 2.75) is 13.0 Å². The van der Waals surface area contributed by atoms with Crippen LogP contribution in [0.15, 0.2) is 53.6 Å². The van der Waals surface area contributed by atoms with Crippen LogP contribution in [0, 0.1) is 0 Å². The van der Waals surface area contributed by atoms with Crippen molar-refractivity contribution in [1.82, 2.24) is 5.43 Å². The maximum absolute atomic E-state index is 12.1. The minimum Gasteiger partial charge on any atom is -0.494 e. The lowest BCUT2D eigenvalue weighted by Gasteiger charge is -2.24. The first kappa shape index (κ1) is 15.9. The first-order valence-electron chi connectivity index (χ1n) is 7.70. The van der Waals surface area contributed by atoms with Gasteiger partial charge in [0.2, 0.25) is 6.10 Å². The third kappa shape index (κ3) is 3.84. The molecule has 0 bridgehead atoms. The van der Waals surface area contributed by atoms with E-state index in [9.17, 15) is 4.79 Å². The fourth-order valence-electron chi connectivity index (χ4n) is 2.21. The van der Waals surface area contributed by atoms with E-state index < -0.39 is 6.10 Å². The SMILES string of the molecule is CCOc1ccc(C=NNC(=O)[C@@H]2COc3ccccc3O2)cc1. The van der Waals surface area contributed by atoms with Gasteiger partial charge in [-0.25, -0.2) is 5.43 Å². The summed E-state index contributed by atoms with van der Waals surface area (Å²) in [7, 11) is 0. The second kappa shape index (κ2) is 7.50. The average Bonchev–Trinajstić information content (AvgIpc) is 2.63. The molecule has 6 heteroatoms. The summed E-state index contributed by atoms with van der Waals surface area (Å²) >= 11 is 0. The van der Waals surface area contributed by atoms with Gasteiger partial charge >= 0.3 is 0 Å². The van der Waals surface area contributed by atoms with Crippen molar-refractivity contribution in [2.75, 3.05) is 13.2 Å². The summed E-state index contributed by atoms with van der Waals surface area (Å²) in [5.41, 5.74) is 3.32. The van der Waals surface area contributed by atoms with Crippen molar-refractivity contribution in [1.29, 1.82) is 0 Å². The number of nitrogens with one attached hydrogen (secondary N) is 1. The fourth-order valence-corrected chi connectivity index (χ4v) is 2.21. The van der Waals surface area contributed by atoms with E-state index in [4.69, 9.17) is 14.2 Å². The van der Waals surface area contributed by atoms with Crippen LogP contribution >= 0.6 is 0 Å². The molecule has 0 radical (unpaired) electrons. The molecule has 1 heterocycles. The van der Waals surface area contributed by atoms with Crippen LogP contribution in [0.1, 0.15) is 12.5 Å². The van der Waals surface area contributed by atoms with Crippen molar-refractivity contribution in [2.24, 2.45) is 5.10 Å². The molecule has 6 nitrogen and oxygen atoms in total. The zero-order valence-corrected chi connectivity index (χ0v) is 13.3. The lowest BCUT2D eigenvalue weighted by Crippen LogP contribution is -2.42. The molecule has 0 saturated heterocycles. The van der Waals surface area contributed by atoms with Gasteiger partial charge in [0, 0.05) is 0 Å². The maximum Gasteiger partial charge on any atom is 0.284 e. The van der Waals surface area contributed by atoms with Gasteiger partial charge in [-0.1, -0.05) is 12.1 Å². The number of para-hydroxylation sites is 2. The Morgan fingerprint density at radius 2 is 2.00 bits per heavy atom. The van der Waals surface area contributed by atoms with Crippen LogP contribution in [0.3, 0.4) is 0 Å². The molecular formula is C18H18N2O4. The summed E-state index contributed by atoms with van der Waals surface area (Å²) < 4.78 is 16.5. The number of fused-ring (bicyclic) bond motifs is 1. The molecule has 124 valence electrons. The molecule has 1 aliphatic heterocycles. The third-order valence-electron chi connectivity index (χ3n) is 3.38. The topological polar surface area (TPSA) is 69.2 Å². The van der Waals surface area contributed by atoms with E-state index >= 15 is 0 Å². The van der Waals surface area contributed by atoms with Crippen molar-refractivity contribution in [3.05, 3.63) is 54.1 Å². The van der Waals surface area contributed by atoms with Gasteiger partial charge < -0.3 is 14.2 Å². The van der Waals surface area contributed by atoms with Crippen molar-refractivity contribution in [3.8, 4) is 17.2 Å². The molecule has 0 aromatic heterocycles.